The molecule has 0 saturated heterocycles. The first-order chi connectivity index (χ1) is 8.46. The highest BCUT2D eigenvalue weighted by Crippen LogP contribution is 2.70. The van der Waals surface area contributed by atoms with Gasteiger partial charge in [0.25, 0.3) is 0 Å². The Balaban J connectivity index is 2.25. The first kappa shape index (κ1) is 14.3. The van der Waals surface area contributed by atoms with Crippen LogP contribution in [0.4, 0.5) is 13.2 Å². The second kappa shape index (κ2) is 3.73. The fraction of sp³-hybridized carbons (Fsp3) is 0.846. The second-order valence-corrected chi connectivity index (χ2v) is 6.44. The zero-order valence-corrected chi connectivity index (χ0v) is 11.3. The van der Waals surface area contributed by atoms with Crippen LogP contribution in [0.2, 0.25) is 0 Å². The van der Waals surface area contributed by atoms with E-state index in [1.54, 1.807) is 0 Å². The van der Waals surface area contributed by atoms with Gasteiger partial charge < -0.3 is 5.32 Å². The summed E-state index contributed by atoms with van der Waals surface area (Å²) in [6.07, 6.45) is -3.33. The van der Waals surface area contributed by atoms with Gasteiger partial charge in [-0.1, -0.05) is 20.8 Å². The molecular weight excluding hydrogens is 259 g/mol. The summed E-state index contributed by atoms with van der Waals surface area (Å²) < 4.78 is 36.6. The molecule has 0 aliphatic heterocycles. The molecule has 1 N–H and O–H groups in total. The molecule has 0 aromatic carbocycles. The lowest BCUT2D eigenvalue weighted by Gasteiger charge is -2.38. The molecule has 0 heterocycles. The van der Waals surface area contributed by atoms with Crippen molar-refractivity contribution >= 4 is 11.7 Å². The van der Waals surface area contributed by atoms with Crippen molar-refractivity contribution in [3.05, 3.63) is 0 Å². The summed E-state index contributed by atoms with van der Waals surface area (Å²) in [5, 5.41) is 1.96. The van der Waals surface area contributed by atoms with Crippen LogP contribution in [0, 0.1) is 16.2 Å². The van der Waals surface area contributed by atoms with E-state index in [-0.39, 0.29) is 12.2 Å². The summed E-state index contributed by atoms with van der Waals surface area (Å²) in [7, 11) is 0. The van der Waals surface area contributed by atoms with Crippen LogP contribution in [0.5, 0.6) is 0 Å². The molecule has 0 spiro atoms. The number of hydrogen-bond donors (Lipinski definition) is 1. The molecule has 2 aliphatic rings. The van der Waals surface area contributed by atoms with Gasteiger partial charge in [-0.3, -0.25) is 9.59 Å². The third-order valence-corrected chi connectivity index (χ3v) is 5.59. The van der Waals surface area contributed by atoms with Crippen molar-refractivity contribution in [1.82, 2.24) is 5.32 Å². The molecule has 6 heteroatoms. The summed E-state index contributed by atoms with van der Waals surface area (Å²) >= 11 is 0. The van der Waals surface area contributed by atoms with Gasteiger partial charge in [-0.2, -0.15) is 13.2 Å². The van der Waals surface area contributed by atoms with Crippen LogP contribution < -0.4 is 5.32 Å². The maximum absolute atomic E-state index is 12.2. The normalized spacial score (nSPS) is 36.6. The second-order valence-electron chi connectivity index (χ2n) is 6.44. The molecular formula is C13H18F3NO2. The Morgan fingerprint density at radius 1 is 1.26 bits per heavy atom. The summed E-state index contributed by atoms with van der Waals surface area (Å²) in [4.78, 5) is 24.3. The number of nitrogens with one attached hydrogen (secondary N) is 1. The van der Waals surface area contributed by atoms with Crippen molar-refractivity contribution in [2.24, 2.45) is 16.2 Å². The molecule has 2 aliphatic carbocycles. The number of amides is 1. The number of ketones is 1. The standard InChI is InChI=1S/C13H18F3NO2/c1-10(2)11(3)4-5-12(10,6-8(11)18)9(19)17-7-13(14,15)16/h4-7H2,1-3H3,(H,17,19)/t11-,12-/m0/s1. The van der Waals surface area contributed by atoms with Gasteiger partial charge in [-0.05, 0) is 18.3 Å². The molecule has 1 amide bonds. The molecule has 0 aromatic heterocycles. The number of alkyl halides is 3. The van der Waals surface area contributed by atoms with Crippen molar-refractivity contribution in [3.8, 4) is 0 Å². The minimum Gasteiger partial charge on any atom is -0.346 e. The molecule has 108 valence electrons. The molecule has 0 unspecified atom stereocenters. The molecule has 2 bridgehead atoms. The maximum Gasteiger partial charge on any atom is 0.405 e. The van der Waals surface area contributed by atoms with Crippen LogP contribution in [0.25, 0.3) is 0 Å². The van der Waals surface area contributed by atoms with E-state index in [9.17, 15) is 22.8 Å². The summed E-state index contributed by atoms with van der Waals surface area (Å²) in [6.45, 7) is 4.12. The highest BCUT2D eigenvalue weighted by molar-refractivity contribution is 5.99. The molecule has 0 aromatic rings. The number of carbonyl (C=O) groups is 2. The first-order valence-corrected chi connectivity index (χ1v) is 6.35. The quantitative estimate of drug-likeness (QED) is 0.842. The number of rotatable bonds is 2. The lowest BCUT2D eigenvalue weighted by molar-refractivity contribution is -0.148. The monoisotopic (exact) mass is 277 g/mol. The van der Waals surface area contributed by atoms with E-state index in [4.69, 9.17) is 0 Å². The van der Waals surface area contributed by atoms with E-state index >= 15 is 0 Å². The highest BCUT2D eigenvalue weighted by atomic mass is 19.4. The molecule has 0 radical (unpaired) electrons. The Kier molecular flexibility index (Phi) is 2.82. The largest absolute Gasteiger partial charge is 0.405 e. The molecule has 19 heavy (non-hydrogen) atoms. The maximum atomic E-state index is 12.2. The Bertz CT molecular complexity index is 444. The lowest BCUT2D eigenvalue weighted by atomic mass is 9.64. The summed E-state index contributed by atoms with van der Waals surface area (Å²) in [5.41, 5.74) is -2.18. The third-order valence-electron chi connectivity index (χ3n) is 5.59. The third kappa shape index (κ3) is 1.71. The number of hydrogen-bond acceptors (Lipinski definition) is 2. The summed E-state index contributed by atoms with van der Waals surface area (Å²) in [6, 6.07) is 0. The predicted molar refractivity (Wildman–Crippen MR) is 62.2 cm³/mol. The number of fused-ring (bicyclic) bond motifs is 2. The van der Waals surface area contributed by atoms with E-state index in [1.807, 2.05) is 26.1 Å². The van der Waals surface area contributed by atoms with Gasteiger partial charge in [0, 0.05) is 11.8 Å². The summed E-state index contributed by atoms with van der Waals surface area (Å²) in [5.74, 6) is -0.643. The number of Topliss-reactive ketones (excluding diaryl/α,β-unsaturated/α-hetero) is 1. The van der Waals surface area contributed by atoms with E-state index in [0.29, 0.717) is 12.8 Å². The van der Waals surface area contributed by atoms with Crippen LogP contribution >= 0.6 is 0 Å². The number of halogens is 3. The minimum atomic E-state index is -4.43. The molecule has 2 atom stereocenters. The minimum absolute atomic E-state index is 0.00842. The van der Waals surface area contributed by atoms with Crippen LogP contribution in [-0.4, -0.2) is 24.4 Å². The van der Waals surface area contributed by atoms with Crippen molar-refractivity contribution in [2.45, 2.75) is 46.2 Å². The fourth-order valence-electron chi connectivity index (χ4n) is 3.71. The first-order valence-electron chi connectivity index (χ1n) is 6.35. The van der Waals surface area contributed by atoms with E-state index < -0.39 is 34.9 Å². The van der Waals surface area contributed by atoms with Gasteiger partial charge in [-0.25, -0.2) is 0 Å². The SMILES string of the molecule is CC1(C)[C@@]2(C(=O)NCC(F)(F)F)CC[C@@]1(C)C(=O)C2. The van der Waals surface area contributed by atoms with E-state index in [1.165, 1.54) is 0 Å². The highest BCUT2D eigenvalue weighted by Gasteiger charge is 2.72. The predicted octanol–water partition coefficient (Wildman–Crippen LogP) is 2.45. The molecule has 2 rings (SSSR count). The lowest BCUT2D eigenvalue weighted by Crippen LogP contribution is -2.48. The Morgan fingerprint density at radius 3 is 2.21 bits per heavy atom. The van der Waals surface area contributed by atoms with Gasteiger partial charge in [-0.15, -0.1) is 0 Å². The smallest absolute Gasteiger partial charge is 0.346 e. The van der Waals surface area contributed by atoms with Crippen LogP contribution in [0.3, 0.4) is 0 Å². The van der Waals surface area contributed by atoms with Gasteiger partial charge in [0.1, 0.15) is 12.3 Å². The van der Waals surface area contributed by atoms with Gasteiger partial charge in [0.05, 0.1) is 5.41 Å². The Hall–Kier alpha value is -1.07. The topological polar surface area (TPSA) is 46.2 Å². The molecule has 2 fully saturated rings. The average molecular weight is 277 g/mol. The van der Waals surface area contributed by atoms with Gasteiger partial charge in [0.2, 0.25) is 5.91 Å². The van der Waals surface area contributed by atoms with E-state index in [0.717, 1.165) is 0 Å². The van der Waals surface area contributed by atoms with Crippen LogP contribution in [0.15, 0.2) is 0 Å². The number of carbonyl (C=O) groups excluding carboxylic acids is 2. The van der Waals surface area contributed by atoms with Crippen LogP contribution in [0.1, 0.15) is 40.0 Å². The zero-order chi connectivity index (χ0) is 14.7. The van der Waals surface area contributed by atoms with Crippen LogP contribution in [-0.2, 0) is 9.59 Å². The molecule has 3 nitrogen and oxygen atoms in total. The zero-order valence-electron chi connectivity index (χ0n) is 11.3. The Morgan fingerprint density at radius 2 is 1.84 bits per heavy atom. The van der Waals surface area contributed by atoms with Gasteiger partial charge >= 0.3 is 6.18 Å². The molecule has 2 saturated carbocycles. The fourth-order valence-corrected chi connectivity index (χ4v) is 3.71. The van der Waals surface area contributed by atoms with Crippen molar-refractivity contribution in [2.75, 3.05) is 6.54 Å². The average Bonchev–Trinajstić information content (AvgIpc) is 2.55. The van der Waals surface area contributed by atoms with E-state index in [2.05, 4.69) is 0 Å². The van der Waals surface area contributed by atoms with Crippen molar-refractivity contribution in [3.63, 3.8) is 0 Å². The Labute approximate surface area is 109 Å². The van der Waals surface area contributed by atoms with Crippen molar-refractivity contribution < 1.29 is 22.8 Å². The van der Waals surface area contributed by atoms with Gasteiger partial charge in [0.15, 0.2) is 0 Å². The van der Waals surface area contributed by atoms with Crippen molar-refractivity contribution in [1.29, 1.82) is 0 Å².